The van der Waals surface area contributed by atoms with Crippen molar-refractivity contribution in [2.75, 3.05) is 20.2 Å². The molecule has 0 N–H and O–H groups in total. The highest BCUT2D eigenvalue weighted by atomic mass is 35.5. The topological polar surface area (TPSA) is 42.7 Å². The number of fused-ring (bicyclic) bond motifs is 1. The maximum Gasteiger partial charge on any atom is 0.196 e. The number of aryl methyl sites for hydroxylation is 1. The van der Waals surface area contributed by atoms with Gasteiger partial charge in [0.05, 0.1) is 18.1 Å². The second-order valence-corrected chi connectivity index (χ2v) is 6.28. The van der Waals surface area contributed by atoms with Crippen LogP contribution >= 0.6 is 12.4 Å². The van der Waals surface area contributed by atoms with E-state index in [1.807, 2.05) is 26.0 Å². The Balaban J connectivity index is 0.00000208. The largest absolute Gasteiger partial charge is 0.496 e. The van der Waals surface area contributed by atoms with Crippen molar-refractivity contribution in [1.29, 1.82) is 0 Å². The number of rotatable bonds is 4. The van der Waals surface area contributed by atoms with Crippen molar-refractivity contribution in [2.24, 2.45) is 0 Å². The molecule has 2 aromatic rings. The molecule has 3 rings (SSSR count). The molecule has 1 aliphatic heterocycles. The van der Waals surface area contributed by atoms with Crippen LogP contribution < -0.4 is 10.2 Å². The van der Waals surface area contributed by atoms with Crippen molar-refractivity contribution in [3.05, 3.63) is 39.2 Å². The molecule has 0 spiro atoms. The van der Waals surface area contributed by atoms with Gasteiger partial charge in [0, 0.05) is 12.1 Å². The first kappa shape index (κ1) is 18.8. The molecule has 0 aliphatic carbocycles. The minimum absolute atomic E-state index is 0. The summed E-state index contributed by atoms with van der Waals surface area (Å²) in [6.07, 6.45) is 4.46. The van der Waals surface area contributed by atoms with Crippen LogP contribution in [-0.4, -0.2) is 25.1 Å². The van der Waals surface area contributed by atoms with Crippen molar-refractivity contribution >= 4 is 23.4 Å². The Hall–Kier alpha value is -1.52. The average molecular weight is 352 g/mol. The van der Waals surface area contributed by atoms with Crippen LogP contribution in [0.3, 0.4) is 0 Å². The lowest BCUT2D eigenvalue weighted by Crippen LogP contribution is -2.29. The fraction of sp³-hybridized carbons (Fsp3) is 0.526. The van der Waals surface area contributed by atoms with Gasteiger partial charge in [0.2, 0.25) is 0 Å². The normalized spacial score (nSPS) is 15.3. The molecule has 132 valence electrons. The molecule has 0 unspecified atom stereocenters. The predicted molar refractivity (Wildman–Crippen MR) is 99.5 cm³/mol. The van der Waals surface area contributed by atoms with Gasteiger partial charge in [-0.15, -0.1) is 12.4 Å². The number of nitrogens with zero attached hydrogens (tertiary/aromatic N) is 1. The average Bonchev–Trinajstić information content (AvgIpc) is 2.57. The molecule has 0 bridgehead atoms. The molecule has 1 aromatic carbocycles. The molecule has 0 radical (unpaired) electrons. The third-order valence-corrected chi connectivity index (χ3v) is 4.82. The molecule has 1 saturated heterocycles. The number of methoxy groups -OCH3 is 1. The molecule has 0 amide bonds. The van der Waals surface area contributed by atoms with Gasteiger partial charge in [0.1, 0.15) is 17.1 Å². The first-order valence-electron chi connectivity index (χ1n) is 8.50. The van der Waals surface area contributed by atoms with Crippen LogP contribution in [0, 0.1) is 6.92 Å². The van der Waals surface area contributed by atoms with E-state index in [1.54, 1.807) is 7.11 Å². The van der Waals surface area contributed by atoms with E-state index in [-0.39, 0.29) is 17.8 Å². The summed E-state index contributed by atoms with van der Waals surface area (Å²) in [6, 6.07) is 3.73. The Kier molecular flexibility index (Phi) is 6.30. The molecule has 2 heterocycles. The summed E-state index contributed by atoms with van der Waals surface area (Å²) in [6.45, 7) is 6.83. The smallest absolute Gasteiger partial charge is 0.196 e. The van der Waals surface area contributed by atoms with Crippen molar-refractivity contribution < 1.29 is 9.15 Å². The first-order valence-corrected chi connectivity index (χ1v) is 8.50. The zero-order chi connectivity index (χ0) is 16.4. The van der Waals surface area contributed by atoms with E-state index in [9.17, 15) is 4.79 Å². The van der Waals surface area contributed by atoms with Gasteiger partial charge in [-0.05, 0) is 51.4 Å². The molecular weight excluding hydrogens is 326 g/mol. The third kappa shape index (κ3) is 3.45. The molecule has 4 nitrogen and oxygen atoms in total. The monoisotopic (exact) mass is 351 g/mol. The van der Waals surface area contributed by atoms with E-state index >= 15 is 0 Å². The molecule has 1 aliphatic rings. The van der Waals surface area contributed by atoms with Crippen molar-refractivity contribution in [3.63, 3.8) is 0 Å². The lowest BCUT2D eigenvalue weighted by atomic mass is 10.0. The van der Waals surface area contributed by atoms with Gasteiger partial charge >= 0.3 is 0 Å². The van der Waals surface area contributed by atoms with Crippen molar-refractivity contribution in [1.82, 2.24) is 4.90 Å². The third-order valence-electron chi connectivity index (χ3n) is 4.82. The van der Waals surface area contributed by atoms with E-state index in [4.69, 9.17) is 9.15 Å². The summed E-state index contributed by atoms with van der Waals surface area (Å²) in [5.41, 5.74) is 2.55. The number of likely N-dealkylation sites (tertiary alicyclic amines) is 1. The number of halogens is 1. The molecular formula is C19H26ClNO3. The van der Waals surface area contributed by atoms with Gasteiger partial charge in [-0.1, -0.05) is 13.3 Å². The van der Waals surface area contributed by atoms with Crippen LogP contribution in [0.5, 0.6) is 5.75 Å². The highest BCUT2D eigenvalue weighted by Gasteiger charge is 2.19. The summed E-state index contributed by atoms with van der Waals surface area (Å²) < 4.78 is 11.6. The maximum absolute atomic E-state index is 12.7. The lowest BCUT2D eigenvalue weighted by Gasteiger charge is -2.27. The molecule has 1 aromatic heterocycles. The summed E-state index contributed by atoms with van der Waals surface area (Å²) in [4.78, 5) is 15.1. The van der Waals surface area contributed by atoms with Gasteiger partial charge in [0.25, 0.3) is 0 Å². The Bertz CT molecular complexity index is 763. The summed E-state index contributed by atoms with van der Waals surface area (Å²) in [5, 5.41) is 0.667. The van der Waals surface area contributed by atoms with E-state index in [0.29, 0.717) is 17.4 Å². The summed E-state index contributed by atoms with van der Waals surface area (Å²) in [7, 11) is 1.67. The number of piperidine rings is 1. The minimum Gasteiger partial charge on any atom is -0.496 e. The second-order valence-electron chi connectivity index (χ2n) is 6.28. The maximum atomic E-state index is 12.7. The van der Waals surface area contributed by atoms with E-state index in [0.717, 1.165) is 42.3 Å². The quantitative estimate of drug-likeness (QED) is 0.832. The van der Waals surface area contributed by atoms with Crippen LogP contribution in [-0.2, 0) is 13.0 Å². The molecule has 5 heteroatoms. The fourth-order valence-corrected chi connectivity index (χ4v) is 3.53. The van der Waals surface area contributed by atoms with Crippen molar-refractivity contribution in [2.45, 2.75) is 46.1 Å². The van der Waals surface area contributed by atoms with Gasteiger partial charge in [-0.25, -0.2) is 0 Å². The molecule has 1 fully saturated rings. The highest BCUT2D eigenvalue weighted by Crippen LogP contribution is 2.30. The minimum atomic E-state index is 0. The Labute approximate surface area is 149 Å². The van der Waals surface area contributed by atoms with E-state index in [2.05, 4.69) is 4.90 Å². The van der Waals surface area contributed by atoms with Crippen LogP contribution in [0.25, 0.3) is 11.0 Å². The SMILES string of the molecule is CCc1c(C)oc2c(CN3CCCCC3)c(OC)ccc2c1=O.Cl. The number of hydrogen-bond acceptors (Lipinski definition) is 4. The summed E-state index contributed by atoms with van der Waals surface area (Å²) in [5.74, 6) is 1.52. The Morgan fingerprint density at radius 3 is 2.50 bits per heavy atom. The highest BCUT2D eigenvalue weighted by molar-refractivity contribution is 5.85. The van der Waals surface area contributed by atoms with Gasteiger partial charge < -0.3 is 9.15 Å². The van der Waals surface area contributed by atoms with Crippen LogP contribution in [0.15, 0.2) is 21.3 Å². The van der Waals surface area contributed by atoms with Gasteiger partial charge in [0.15, 0.2) is 5.43 Å². The number of hydrogen-bond donors (Lipinski definition) is 0. The molecule has 24 heavy (non-hydrogen) atoms. The fourth-order valence-electron chi connectivity index (χ4n) is 3.53. The second kappa shape index (κ2) is 8.04. The van der Waals surface area contributed by atoms with E-state index in [1.165, 1.54) is 19.3 Å². The van der Waals surface area contributed by atoms with E-state index < -0.39 is 0 Å². The zero-order valence-corrected chi connectivity index (χ0v) is 15.5. The number of benzene rings is 1. The van der Waals surface area contributed by atoms with Crippen LogP contribution in [0.1, 0.15) is 43.1 Å². The van der Waals surface area contributed by atoms with Crippen LogP contribution in [0.4, 0.5) is 0 Å². The number of ether oxygens (including phenoxy) is 1. The summed E-state index contributed by atoms with van der Waals surface area (Å²) >= 11 is 0. The van der Waals surface area contributed by atoms with Crippen molar-refractivity contribution in [3.8, 4) is 5.75 Å². The first-order chi connectivity index (χ1) is 11.2. The Morgan fingerprint density at radius 1 is 1.17 bits per heavy atom. The zero-order valence-electron chi connectivity index (χ0n) is 14.7. The van der Waals surface area contributed by atoms with Crippen LogP contribution in [0.2, 0.25) is 0 Å². The van der Waals surface area contributed by atoms with Gasteiger partial charge in [-0.2, -0.15) is 0 Å². The molecule has 0 saturated carbocycles. The standard InChI is InChI=1S/C19H25NO3.ClH/c1-4-14-13(2)23-19-15(18(14)21)8-9-17(22-3)16(19)12-20-10-6-5-7-11-20;/h8-9H,4-7,10-12H2,1-3H3;1H. The lowest BCUT2D eigenvalue weighted by molar-refractivity contribution is 0.218. The predicted octanol–water partition coefficient (Wildman–Crippen LogP) is 4.08. The Morgan fingerprint density at radius 2 is 1.88 bits per heavy atom. The molecule has 0 atom stereocenters. The van der Waals surface area contributed by atoms with Gasteiger partial charge in [-0.3, -0.25) is 9.69 Å².